The number of benzene rings is 2. The molecule has 4 rings (SSSR count). The van der Waals surface area contributed by atoms with E-state index in [2.05, 4.69) is 10.3 Å². The normalized spacial score (nSPS) is 14.5. The summed E-state index contributed by atoms with van der Waals surface area (Å²) in [4.78, 5) is 41.1. The van der Waals surface area contributed by atoms with Crippen LogP contribution in [-0.4, -0.2) is 62.8 Å². The maximum atomic E-state index is 13.9. The summed E-state index contributed by atoms with van der Waals surface area (Å²) in [5, 5.41) is 8.40. The Morgan fingerprint density at radius 3 is 2.48 bits per heavy atom. The zero-order valence-corrected chi connectivity index (χ0v) is 16.9. The molecule has 160 valence electrons. The third kappa shape index (κ3) is 4.45. The summed E-state index contributed by atoms with van der Waals surface area (Å²) in [5.41, 5.74) is 0.273. The molecule has 1 fully saturated rings. The van der Waals surface area contributed by atoms with Crippen molar-refractivity contribution in [1.82, 2.24) is 24.8 Å². The zero-order chi connectivity index (χ0) is 21.8. The molecule has 3 aromatic rings. The largest absolute Gasteiger partial charge is 0.341 e. The van der Waals surface area contributed by atoms with Crippen molar-refractivity contribution in [1.29, 1.82) is 0 Å². The van der Waals surface area contributed by atoms with Gasteiger partial charge in [0, 0.05) is 32.6 Å². The van der Waals surface area contributed by atoms with Crippen LogP contribution in [0.1, 0.15) is 23.2 Å². The Labute approximate surface area is 177 Å². The molecule has 0 unspecified atom stereocenters. The summed E-state index contributed by atoms with van der Waals surface area (Å²) in [5.74, 6) is -1.04. The molecule has 0 bridgehead atoms. The van der Waals surface area contributed by atoms with Crippen molar-refractivity contribution < 1.29 is 14.0 Å². The predicted molar refractivity (Wildman–Crippen MR) is 112 cm³/mol. The lowest BCUT2D eigenvalue weighted by molar-refractivity contribution is -0.131. The summed E-state index contributed by atoms with van der Waals surface area (Å²) in [6.07, 6.45) is 0.704. The molecule has 0 atom stereocenters. The van der Waals surface area contributed by atoms with Crippen LogP contribution in [-0.2, 0) is 11.3 Å². The quantitative estimate of drug-likeness (QED) is 0.637. The van der Waals surface area contributed by atoms with Crippen LogP contribution in [0.25, 0.3) is 10.9 Å². The summed E-state index contributed by atoms with van der Waals surface area (Å²) in [6.45, 7) is 1.76. The molecule has 0 N–H and O–H groups in total. The number of carbonyl (C=O) groups excluding carboxylic acids is 2. The van der Waals surface area contributed by atoms with Crippen LogP contribution in [0.5, 0.6) is 0 Å². The van der Waals surface area contributed by atoms with Crippen molar-refractivity contribution in [3.63, 3.8) is 0 Å². The maximum Gasteiger partial charge on any atom is 0.277 e. The van der Waals surface area contributed by atoms with E-state index in [1.165, 1.54) is 16.8 Å². The molecule has 1 aliphatic heterocycles. The first kappa shape index (κ1) is 20.6. The van der Waals surface area contributed by atoms with Gasteiger partial charge in [-0.25, -0.2) is 9.07 Å². The van der Waals surface area contributed by atoms with Gasteiger partial charge in [-0.3, -0.25) is 14.4 Å². The minimum atomic E-state index is -0.549. The van der Waals surface area contributed by atoms with Crippen LogP contribution in [0, 0.1) is 5.82 Å². The predicted octanol–water partition coefficient (Wildman–Crippen LogP) is 1.70. The maximum absolute atomic E-state index is 13.9. The molecule has 2 amide bonds. The van der Waals surface area contributed by atoms with E-state index in [0.717, 1.165) is 0 Å². The standard InChI is InChI=1S/C22H22FN5O3/c23-18-8-3-1-6-16(18)21(30)27-12-5-11-26(14-15-27)20(29)10-13-28-22(31)17-7-2-4-9-19(17)24-25-28/h1-4,6-9H,5,10-15H2. The average Bonchev–Trinajstić information content (AvgIpc) is 3.05. The van der Waals surface area contributed by atoms with Crippen LogP contribution in [0.4, 0.5) is 4.39 Å². The van der Waals surface area contributed by atoms with E-state index in [4.69, 9.17) is 0 Å². The van der Waals surface area contributed by atoms with Gasteiger partial charge in [0.1, 0.15) is 11.3 Å². The molecular weight excluding hydrogens is 401 g/mol. The van der Waals surface area contributed by atoms with Gasteiger partial charge in [0.05, 0.1) is 17.5 Å². The van der Waals surface area contributed by atoms with E-state index in [0.29, 0.717) is 43.5 Å². The van der Waals surface area contributed by atoms with Gasteiger partial charge in [-0.05, 0) is 30.7 Å². The second kappa shape index (κ2) is 9.03. The van der Waals surface area contributed by atoms with Gasteiger partial charge in [-0.2, -0.15) is 0 Å². The zero-order valence-electron chi connectivity index (χ0n) is 16.9. The Hall–Kier alpha value is -3.62. The molecule has 9 heteroatoms. The van der Waals surface area contributed by atoms with Crippen LogP contribution in [0.3, 0.4) is 0 Å². The van der Waals surface area contributed by atoms with Crippen molar-refractivity contribution in [2.75, 3.05) is 26.2 Å². The number of aromatic nitrogens is 3. The van der Waals surface area contributed by atoms with Gasteiger partial charge in [-0.15, -0.1) is 5.10 Å². The third-order valence-corrected chi connectivity index (χ3v) is 5.41. The molecule has 1 saturated heterocycles. The number of hydrogen-bond acceptors (Lipinski definition) is 5. The summed E-state index contributed by atoms with van der Waals surface area (Å²) in [6, 6.07) is 12.8. The molecule has 1 aliphatic rings. The molecule has 2 heterocycles. The van der Waals surface area contributed by atoms with Gasteiger partial charge in [0.2, 0.25) is 5.91 Å². The Morgan fingerprint density at radius 1 is 0.935 bits per heavy atom. The summed E-state index contributed by atoms with van der Waals surface area (Å²) >= 11 is 0. The van der Waals surface area contributed by atoms with Crippen LogP contribution in [0.15, 0.2) is 53.3 Å². The fourth-order valence-corrected chi connectivity index (χ4v) is 3.70. The Bertz CT molecular complexity index is 1180. The smallest absolute Gasteiger partial charge is 0.277 e. The molecule has 2 aromatic carbocycles. The third-order valence-electron chi connectivity index (χ3n) is 5.41. The summed E-state index contributed by atoms with van der Waals surface area (Å²) in [7, 11) is 0. The SMILES string of the molecule is O=C(CCn1nnc2ccccc2c1=O)N1CCCN(C(=O)c2ccccc2F)CC1. The van der Waals surface area contributed by atoms with Crippen molar-refractivity contribution >= 4 is 22.7 Å². The van der Waals surface area contributed by atoms with E-state index >= 15 is 0 Å². The van der Waals surface area contributed by atoms with Gasteiger partial charge in [0.15, 0.2) is 0 Å². The lowest BCUT2D eigenvalue weighted by Crippen LogP contribution is -2.38. The highest BCUT2D eigenvalue weighted by Gasteiger charge is 2.24. The Morgan fingerprint density at radius 2 is 1.65 bits per heavy atom. The number of fused-ring (bicyclic) bond motifs is 1. The van der Waals surface area contributed by atoms with Crippen molar-refractivity contribution in [2.45, 2.75) is 19.4 Å². The monoisotopic (exact) mass is 423 g/mol. The fourth-order valence-electron chi connectivity index (χ4n) is 3.70. The molecule has 0 saturated carbocycles. The van der Waals surface area contributed by atoms with Gasteiger partial charge in [-0.1, -0.05) is 29.5 Å². The highest BCUT2D eigenvalue weighted by atomic mass is 19.1. The van der Waals surface area contributed by atoms with Crippen molar-refractivity contribution in [2.24, 2.45) is 0 Å². The van der Waals surface area contributed by atoms with Crippen LogP contribution < -0.4 is 5.56 Å². The van der Waals surface area contributed by atoms with Gasteiger partial charge < -0.3 is 9.80 Å². The number of carbonyl (C=O) groups is 2. The van der Waals surface area contributed by atoms with Gasteiger partial charge in [0.25, 0.3) is 11.5 Å². The number of aryl methyl sites for hydroxylation is 1. The lowest BCUT2D eigenvalue weighted by Gasteiger charge is -2.22. The highest BCUT2D eigenvalue weighted by molar-refractivity contribution is 5.94. The van der Waals surface area contributed by atoms with Crippen LogP contribution in [0.2, 0.25) is 0 Å². The summed E-state index contributed by atoms with van der Waals surface area (Å²) < 4.78 is 15.1. The number of hydrogen-bond donors (Lipinski definition) is 0. The fraction of sp³-hybridized carbons (Fsp3) is 0.318. The minimum absolute atomic E-state index is 0.0385. The number of amides is 2. The first-order valence-corrected chi connectivity index (χ1v) is 10.2. The van der Waals surface area contributed by atoms with E-state index < -0.39 is 5.82 Å². The first-order valence-electron chi connectivity index (χ1n) is 10.2. The van der Waals surface area contributed by atoms with E-state index in [1.54, 1.807) is 46.2 Å². The minimum Gasteiger partial charge on any atom is -0.341 e. The van der Waals surface area contributed by atoms with Crippen molar-refractivity contribution in [3.05, 3.63) is 70.3 Å². The van der Waals surface area contributed by atoms with Crippen LogP contribution >= 0.6 is 0 Å². The van der Waals surface area contributed by atoms with E-state index in [-0.39, 0.29) is 35.9 Å². The Balaban J connectivity index is 1.37. The number of halogens is 1. The van der Waals surface area contributed by atoms with Gasteiger partial charge >= 0.3 is 0 Å². The molecule has 8 nitrogen and oxygen atoms in total. The molecule has 0 spiro atoms. The lowest BCUT2D eigenvalue weighted by atomic mass is 10.2. The number of rotatable bonds is 4. The molecular formula is C22H22FN5O3. The molecule has 1 aromatic heterocycles. The van der Waals surface area contributed by atoms with Crippen molar-refractivity contribution in [3.8, 4) is 0 Å². The molecule has 31 heavy (non-hydrogen) atoms. The molecule has 0 radical (unpaired) electrons. The second-order valence-electron chi connectivity index (χ2n) is 7.39. The first-order chi connectivity index (χ1) is 15.0. The highest BCUT2D eigenvalue weighted by Crippen LogP contribution is 2.13. The number of nitrogens with zero attached hydrogens (tertiary/aromatic N) is 5. The van der Waals surface area contributed by atoms with E-state index in [9.17, 15) is 18.8 Å². The average molecular weight is 423 g/mol. The second-order valence-corrected chi connectivity index (χ2v) is 7.39. The molecule has 0 aliphatic carbocycles. The van der Waals surface area contributed by atoms with E-state index in [1.807, 2.05) is 0 Å². The topological polar surface area (TPSA) is 88.4 Å². The Kier molecular flexibility index (Phi) is 6.01.